The summed E-state index contributed by atoms with van der Waals surface area (Å²) in [6, 6.07) is 0. The summed E-state index contributed by atoms with van der Waals surface area (Å²) in [5.74, 6) is 0.876. The molecule has 0 bridgehead atoms. The third-order valence-corrected chi connectivity index (χ3v) is 4.89. The van der Waals surface area contributed by atoms with E-state index in [1.165, 1.54) is 83.5 Å². The Kier molecular flexibility index (Phi) is 21.1. The van der Waals surface area contributed by atoms with Gasteiger partial charge in [-0.05, 0) is 19.3 Å². The van der Waals surface area contributed by atoms with E-state index in [2.05, 4.69) is 13.8 Å². The average Bonchev–Trinajstić information content (AvgIpc) is 2.62. The van der Waals surface area contributed by atoms with E-state index in [-0.39, 0.29) is 0 Å². The molecule has 0 saturated carbocycles. The maximum absolute atomic E-state index is 9.57. The monoisotopic (exact) mass is 372 g/mol. The second-order valence-corrected chi connectivity index (χ2v) is 8.17. The van der Waals surface area contributed by atoms with E-state index < -0.39 is 6.10 Å². The van der Waals surface area contributed by atoms with Crippen LogP contribution in [0.1, 0.15) is 111 Å². The molecule has 0 aliphatic heterocycles. The van der Waals surface area contributed by atoms with E-state index in [1.807, 2.05) is 6.92 Å². The minimum atomic E-state index is -0.477. The molecule has 0 aromatic carbocycles. The van der Waals surface area contributed by atoms with Crippen molar-refractivity contribution in [2.45, 2.75) is 117 Å². The average molecular weight is 373 g/mol. The Morgan fingerprint density at radius 3 is 1.50 bits per heavy atom. The number of aliphatic hydroxyl groups excluding tert-OH is 1. The second kappa shape index (κ2) is 21.2. The van der Waals surface area contributed by atoms with Crippen LogP contribution in [0.5, 0.6) is 0 Å². The largest absolute Gasteiger partial charge is 0.388 e. The van der Waals surface area contributed by atoms with E-state index in [0.29, 0.717) is 19.8 Å². The summed E-state index contributed by atoms with van der Waals surface area (Å²) in [7, 11) is 0. The van der Waals surface area contributed by atoms with Crippen LogP contribution in [0.4, 0.5) is 0 Å². The van der Waals surface area contributed by atoms with Crippen LogP contribution in [0.2, 0.25) is 0 Å². The topological polar surface area (TPSA) is 38.7 Å². The lowest BCUT2D eigenvalue weighted by molar-refractivity contribution is -0.0167. The van der Waals surface area contributed by atoms with Gasteiger partial charge in [-0.15, -0.1) is 0 Å². The zero-order chi connectivity index (χ0) is 19.3. The van der Waals surface area contributed by atoms with Gasteiger partial charge in [-0.2, -0.15) is 0 Å². The zero-order valence-electron chi connectivity index (χ0n) is 18.1. The van der Waals surface area contributed by atoms with Crippen LogP contribution < -0.4 is 0 Å². The predicted octanol–water partition coefficient (Wildman–Crippen LogP) is 6.52. The lowest BCUT2D eigenvalue weighted by atomic mass is 10.0. The number of aliphatic hydroxyl groups is 1. The molecule has 0 heterocycles. The Bertz CT molecular complexity index is 256. The van der Waals surface area contributed by atoms with Crippen LogP contribution in [-0.4, -0.2) is 37.6 Å². The highest BCUT2D eigenvalue weighted by molar-refractivity contribution is 4.52. The summed E-state index contributed by atoms with van der Waals surface area (Å²) in [5, 5.41) is 9.57. The highest BCUT2D eigenvalue weighted by Crippen LogP contribution is 2.14. The van der Waals surface area contributed by atoms with Gasteiger partial charge >= 0.3 is 0 Å². The lowest BCUT2D eigenvalue weighted by Gasteiger charge is -2.10. The molecule has 0 aromatic heterocycles. The molecular formula is C23H48O3. The van der Waals surface area contributed by atoms with Crippen LogP contribution in [0, 0.1) is 5.92 Å². The van der Waals surface area contributed by atoms with Crippen LogP contribution in [0.25, 0.3) is 0 Å². The maximum atomic E-state index is 9.57. The van der Waals surface area contributed by atoms with Crippen molar-refractivity contribution in [2.24, 2.45) is 5.92 Å². The molecule has 0 saturated heterocycles. The Balaban J connectivity index is 3.05. The Hall–Kier alpha value is -0.120. The van der Waals surface area contributed by atoms with Gasteiger partial charge in [0.05, 0.1) is 13.2 Å². The van der Waals surface area contributed by atoms with Gasteiger partial charge in [-0.25, -0.2) is 0 Å². The van der Waals surface area contributed by atoms with Crippen LogP contribution in [0.3, 0.4) is 0 Å². The summed E-state index contributed by atoms with van der Waals surface area (Å²) >= 11 is 0. The van der Waals surface area contributed by atoms with Gasteiger partial charge in [0, 0.05) is 13.2 Å². The van der Waals surface area contributed by atoms with Gasteiger partial charge in [0.1, 0.15) is 6.10 Å². The van der Waals surface area contributed by atoms with E-state index >= 15 is 0 Å². The van der Waals surface area contributed by atoms with Crippen LogP contribution >= 0.6 is 0 Å². The Labute approximate surface area is 164 Å². The number of hydrogen-bond acceptors (Lipinski definition) is 3. The van der Waals surface area contributed by atoms with E-state index in [0.717, 1.165) is 18.9 Å². The fraction of sp³-hybridized carbons (Fsp3) is 1.00. The number of hydrogen-bond donors (Lipinski definition) is 1. The Morgan fingerprint density at radius 1 is 0.615 bits per heavy atom. The zero-order valence-corrected chi connectivity index (χ0v) is 18.1. The first-order chi connectivity index (χ1) is 12.7. The van der Waals surface area contributed by atoms with Gasteiger partial charge in [0.15, 0.2) is 0 Å². The highest BCUT2D eigenvalue weighted by Gasteiger charge is 2.03. The molecule has 0 radical (unpaired) electrons. The molecule has 1 unspecified atom stereocenters. The molecule has 0 aliphatic carbocycles. The summed E-state index contributed by atoms with van der Waals surface area (Å²) in [6.45, 7) is 8.78. The molecule has 3 heteroatoms. The van der Waals surface area contributed by atoms with Crippen molar-refractivity contribution in [2.75, 3.05) is 26.4 Å². The molecule has 3 nitrogen and oxygen atoms in total. The third kappa shape index (κ3) is 21.9. The summed E-state index contributed by atoms with van der Waals surface area (Å²) in [4.78, 5) is 0. The maximum Gasteiger partial charge on any atom is 0.101 e. The van der Waals surface area contributed by atoms with E-state index in [1.54, 1.807) is 0 Å². The van der Waals surface area contributed by atoms with Crippen molar-refractivity contribution >= 4 is 0 Å². The lowest BCUT2D eigenvalue weighted by Crippen LogP contribution is -2.21. The molecule has 1 atom stereocenters. The van der Waals surface area contributed by atoms with Crippen molar-refractivity contribution in [1.82, 2.24) is 0 Å². The van der Waals surface area contributed by atoms with Crippen molar-refractivity contribution < 1.29 is 14.6 Å². The summed E-state index contributed by atoms with van der Waals surface area (Å²) < 4.78 is 10.6. The number of unbranched alkanes of at least 4 members (excludes halogenated alkanes) is 12. The predicted molar refractivity (Wildman–Crippen MR) is 113 cm³/mol. The number of rotatable bonds is 21. The van der Waals surface area contributed by atoms with E-state index in [4.69, 9.17) is 9.47 Å². The Morgan fingerprint density at radius 2 is 1.04 bits per heavy atom. The first kappa shape index (κ1) is 25.9. The summed E-state index contributed by atoms with van der Waals surface area (Å²) in [6.07, 6.45) is 18.8. The SMILES string of the molecule is CCOCC(O)COCCCCCCCCCCCCCCCC(C)C. The standard InChI is InChI=1S/C23H48O3/c1-4-25-20-23(24)21-26-19-17-15-13-11-9-7-5-6-8-10-12-14-16-18-22(2)3/h22-24H,4-21H2,1-3H3. The molecule has 0 aromatic rings. The molecular weight excluding hydrogens is 324 g/mol. The fourth-order valence-corrected chi connectivity index (χ4v) is 3.22. The quantitative estimate of drug-likeness (QED) is 0.233. The molecule has 0 fully saturated rings. The first-order valence-electron chi connectivity index (χ1n) is 11.5. The van der Waals surface area contributed by atoms with Gasteiger partial charge in [0.2, 0.25) is 0 Å². The molecule has 0 spiro atoms. The molecule has 158 valence electrons. The van der Waals surface area contributed by atoms with Crippen LogP contribution in [-0.2, 0) is 9.47 Å². The van der Waals surface area contributed by atoms with Gasteiger partial charge in [-0.3, -0.25) is 0 Å². The molecule has 1 N–H and O–H groups in total. The van der Waals surface area contributed by atoms with Gasteiger partial charge < -0.3 is 14.6 Å². The van der Waals surface area contributed by atoms with Crippen molar-refractivity contribution in [3.63, 3.8) is 0 Å². The second-order valence-electron chi connectivity index (χ2n) is 8.17. The molecule has 26 heavy (non-hydrogen) atoms. The fourth-order valence-electron chi connectivity index (χ4n) is 3.22. The molecule has 0 rings (SSSR count). The number of ether oxygens (including phenoxy) is 2. The van der Waals surface area contributed by atoms with Crippen molar-refractivity contribution in [3.05, 3.63) is 0 Å². The minimum Gasteiger partial charge on any atom is -0.388 e. The highest BCUT2D eigenvalue weighted by atomic mass is 16.5. The van der Waals surface area contributed by atoms with Crippen molar-refractivity contribution in [3.8, 4) is 0 Å². The van der Waals surface area contributed by atoms with Crippen molar-refractivity contribution in [1.29, 1.82) is 0 Å². The van der Waals surface area contributed by atoms with Gasteiger partial charge in [-0.1, -0.05) is 97.3 Å². The first-order valence-corrected chi connectivity index (χ1v) is 11.5. The third-order valence-electron chi connectivity index (χ3n) is 4.89. The smallest absolute Gasteiger partial charge is 0.101 e. The normalized spacial score (nSPS) is 12.8. The van der Waals surface area contributed by atoms with Gasteiger partial charge in [0.25, 0.3) is 0 Å². The van der Waals surface area contributed by atoms with Crippen LogP contribution in [0.15, 0.2) is 0 Å². The molecule has 0 aliphatic rings. The summed E-state index contributed by atoms with van der Waals surface area (Å²) in [5.41, 5.74) is 0. The minimum absolute atomic E-state index is 0.384. The van der Waals surface area contributed by atoms with E-state index in [9.17, 15) is 5.11 Å². The molecule has 0 amide bonds.